The van der Waals surface area contributed by atoms with Crippen molar-refractivity contribution in [3.63, 3.8) is 0 Å². The molecule has 2 heteroatoms. The molecule has 1 aromatic rings. The molecule has 2 nitrogen and oxygen atoms in total. The third-order valence-corrected chi connectivity index (χ3v) is 2.66. The molecule has 1 aliphatic rings. The SMILES string of the molecule is C[C@@H]1N[C@@H](C)CO[C@H]1c1ccccc1. The lowest BCUT2D eigenvalue weighted by atomic mass is 10.0. The van der Waals surface area contributed by atoms with Gasteiger partial charge in [-0.3, -0.25) is 0 Å². The molecule has 3 atom stereocenters. The van der Waals surface area contributed by atoms with Crippen molar-refractivity contribution in [2.75, 3.05) is 6.61 Å². The molecule has 0 aliphatic carbocycles. The first-order chi connectivity index (χ1) is 6.77. The maximum absolute atomic E-state index is 5.83. The monoisotopic (exact) mass is 191 g/mol. The molecule has 76 valence electrons. The molecule has 0 saturated carbocycles. The van der Waals surface area contributed by atoms with E-state index in [1.807, 2.05) is 6.07 Å². The molecule has 1 fully saturated rings. The van der Waals surface area contributed by atoms with Crippen LogP contribution < -0.4 is 5.32 Å². The van der Waals surface area contributed by atoms with Gasteiger partial charge in [0.05, 0.1) is 12.7 Å². The van der Waals surface area contributed by atoms with Crippen molar-refractivity contribution >= 4 is 0 Å². The number of rotatable bonds is 1. The molecule has 0 aromatic heterocycles. The number of nitrogens with one attached hydrogen (secondary N) is 1. The Labute approximate surface area is 85.3 Å². The number of benzene rings is 1. The van der Waals surface area contributed by atoms with Crippen molar-refractivity contribution in [2.24, 2.45) is 0 Å². The van der Waals surface area contributed by atoms with Crippen molar-refractivity contribution < 1.29 is 4.74 Å². The van der Waals surface area contributed by atoms with E-state index in [1.54, 1.807) is 0 Å². The zero-order valence-corrected chi connectivity index (χ0v) is 8.73. The molecule has 1 aliphatic heterocycles. The average molecular weight is 191 g/mol. The van der Waals surface area contributed by atoms with Crippen LogP contribution in [0, 0.1) is 0 Å². The molecule has 2 rings (SSSR count). The Hall–Kier alpha value is -0.860. The summed E-state index contributed by atoms with van der Waals surface area (Å²) in [6.45, 7) is 5.12. The molecule has 0 bridgehead atoms. The lowest BCUT2D eigenvalue weighted by Gasteiger charge is -2.34. The Morgan fingerprint density at radius 2 is 1.93 bits per heavy atom. The molecule has 14 heavy (non-hydrogen) atoms. The summed E-state index contributed by atoms with van der Waals surface area (Å²) in [6.07, 6.45) is 0.201. The van der Waals surface area contributed by atoms with Gasteiger partial charge in [-0.05, 0) is 19.4 Å². The first-order valence-electron chi connectivity index (χ1n) is 5.20. The number of hydrogen-bond donors (Lipinski definition) is 1. The second-order valence-electron chi connectivity index (χ2n) is 4.02. The minimum absolute atomic E-state index is 0.201. The molecule has 1 heterocycles. The molecule has 0 radical (unpaired) electrons. The molecule has 0 amide bonds. The van der Waals surface area contributed by atoms with E-state index >= 15 is 0 Å². The maximum atomic E-state index is 5.83. The van der Waals surface area contributed by atoms with E-state index in [4.69, 9.17) is 4.74 Å². The lowest BCUT2D eigenvalue weighted by molar-refractivity contribution is -0.0207. The molecular weight excluding hydrogens is 174 g/mol. The van der Waals surface area contributed by atoms with Gasteiger partial charge >= 0.3 is 0 Å². The minimum atomic E-state index is 0.201. The first-order valence-corrected chi connectivity index (χ1v) is 5.20. The van der Waals surface area contributed by atoms with Crippen molar-refractivity contribution in [3.05, 3.63) is 35.9 Å². The van der Waals surface area contributed by atoms with Gasteiger partial charge < -0.3 is 10.1 Å². The van der Waals surface area contributed by atoms with Gasteiger partial charge in [0.1, 0.15) is 0 Å². The Bertz CT molecular complexity index is 286. The van der Waals surface area contributed by atoms with Crippen LogP contribution in [0.2, 0.25) is 0 Å². The smallest absolute Gasteiger partial charge is 0.0975 e. The van der Waals surface area contributed by atoms with E-state index in [-0.39, 0.29) is 6.10 Å². The Balaban J connectivity index is 2.12. The fourth-order valence-electron chi connectivity index (χ4n) is 2.00. The molecule has 1 aromatic carbocycles. The van der Waals surface area contributed by atoms with Gasteiger partial charge in [-0.15, -0.1) is 0 Å². The standard InChI is InChI=1S/C12H17NO/c1-9-8-14-12(10(2)13-9)11-6-4-3-5-7-11/h3-7,9-10,12-13H,8H2,1-2H3/t9-,10-,12+/m0/s1. The summed E-state index contributed by atoms with van der Waals surface area (Å²) >= 11 is 0. The van der Waals surface area contributed by atoms with Gasteiger partial charge in [0.2, 0.25) is 0 Å². The van der Waals surface area contributed by atoms with Crippen LogP contribution in [0.4, 0.5) is 0 Å². The highest BCUT2D eigenvalue weighted by atomic mass is 16.5. The van der Waals surface area contributed by atoms with Crippen LogP contribution in [0.3, 0.4) is 0 Å². The summed E-state index contributed by atoms with van der Waals surface area (Å²) in [5.41, 5.74) is 1.26. The van der Waals surface area contributed by atoms with Crippen LogP contribution in [0.5, 0.6) is 0 Å². The highest BCUT2D eigenvalue weighted by Crippen LogP contribution is 2.24. The van der Waals surface area contributed by atoms with Crippen LogP contribution in [0.25, 0.3) is 0 Å². The van der Waals surface area contributed by atoms with Crippen molar-refractivity contribution in [1.29, 1.82) is 0 Å². The van der Waals surface area contributed by atoms with Crippen LogP contribution >= 0.6 is 0 Å². The van der Waals surface area contributed by atoms with Gasteiger partial charge in [0.15, 0.2) is 0 Å². The summed E-state index contributed by atoms with van der Waals surface area (Å²) in [6, 6.07) is 11.3. The summed E-state index contributed by atoms with van der Waals surface area (Å²) < 4.78 is 5.83. The highest BCUT2D eigenvalue weighted by molar-refractivity contribution is 5.19. The van der Waals surface area contributed by atoms with E-state index in [9.17, 15) is 0 Å². The second kappa shape index (κ2) is 4.11. The Morgan fingerprint density at radius 3 is 2.57 bits per heavy atom. The maximum Gasteiger partial charge on any atom is 0.0975 e. The van der Waals surface area contributed by atoms with Crippen LogP contribution in [0.15, 0.2) is 30.3 Å². The van der Waals surface area contributed by atoms with E-state index in [0.29, 0.717) is 12.1 Å². The Kier molecular flexibility index (Phi) is 2.85. The first kappa shape index (κ1) is 9.69. The molecule has 0 spiro atoms. The second-order valence-corrected chi connectivity index (χ2v) is 4.02. The van der Waals surface area contributed by atoms with Gasteiger partial charge in [0.25, 0.3) is 0 Å². The predicted octanol–water partition coefficient (Wildman–Crippen LogP) is 2.12. The minimum Gasteiger partial charge on any atom is -0.370 e. The normalized spacial score (nSPS) is 32.9. The van der Waals surface area contributed by atoms with Crippen molar-refractivity contribution in [2.45, 2.75) is 32.0 Å². The molecule has 0 unspecified atom stereocenters. The Morgan fingerprint density at radius 1 is 1.21 bits per heavy atom. The summed E-state index contributed by atoms with van der Waals surface area (Å²) in [5.74, 6) is 0. The van der Waals surface area contributed by atoms with E-state index in [1.165, 1.54) is 5.56 Å². The van der Waals surface area contributed by atoms with Crippen LogP contribution in [-0.4, -0.2) is 18.7 Å². The van der Waals surface area contributed by atoms with Crippen molar-refractivity contribution in [3.8, 4) is 0 Å². The van der Waals surface area contributed by atoms with Gasteiger partial charge in [-0.2, -0.15) is 0 Å². The highest BCUT2D eigenvalue weighted by Gasteiger charge is 2.26. The fourth-order valence-corrected chi connectivity index (χ4v) is 2.00. The van der Waals surface area contributed by atoms with Gasteiger partial charge in [-0.25, -0.2) is 0 Å². The topological polar surface area (TPSA) is 21.3 Å². The summed E-state index contributed by atoms with van der Waals surface area (Å²) in [7, 11) is 0. The number of ether oxygens (including phenoxy) is 1. The third-order valence-electron chi connectivity index (χ3n) is 2.66. The average Bonchev–Trinajstić information content (AvgIpc) is 2.19. The predicted molar refractivity (Wildman–Crippen MR) is 57.2 cm³/mol. The van der Waals surface area contributed by atoms with Gasteiger partial charge in [0, 0.05) is 12.1 Å². The van der Waals surface area contributed by atoms with Crippen LogP contribution in [-0.2, 0) is 4.74 Å². The fraction of sp³-hybridized carbons (Fsp3) is 0.500. The zero-order valence-electron chi connectivity index (χ0n) is 8.73. The molecule has 1 saturated heterocycles. The zero-order chi connectivity index (χ0) is 9.97. The quantitative estimate of drug-likeness (QED) is 0.734. The van der Waals surface area contributed by atoms with E-state index < -0.39 is 0 Å². The van der Waals surface area contributed by atoms with Crippen molar-refractivity contribution in [1.82, 2.24) is 5.32 Å². The number of morpholine rings is 1. The largest absolute Gasteiger partial charge is 0.370 e. The third kappa shape index (κ3) is 1.97. The van der Waals surface area contributed by atoms with Crippen LogP contribution in [0.1, 0.15) is 25.5 Å². The molecule has 1 N–H and O–H groups in total. The molecular formula is C12H17NO. The van der Waals surface area contributed by atoms with E-state index in [2.05, 4.69) is 43.4 Å². The summed E-state index contributed by atoms with van der Waals surface area (Å²) in [4.78, 5) is 0. The summed E-state index contributed by atoms with van der Waals surface area (Å²) in [5, 5.41) is 3.50. The number of hydrogen-bond acceptors (Lipinski definition) is 2. The van der Waals surface area contributed by atoms with Gasteiger partial charge in [-0.1, -0.05) is 30.3 Å². The lowest BCUT2D eigenvalue weighted by Crippen LogP contribution is -2.47. The van der Waals surface area contributed by atoms with E-state index in [0.717, 1.165) is 6.61 Å².